The van der Waals surface area contributed by atoms with Crippen LogP contribution in [0.2, 0.25) is 0 Å². The molecule has 0 aliphatic rings. The molecule has 114 valence electrons. The van der Waals surface area contributed by atoms with Gasteiger partial charge in [-0.2, -0.15) is 0 Å². The van der Waals surface area contributed by atoms with Crippen LogP contribution in [-0.2, 0) is 4.79 Å². The lowest BCUT2D eigenvalue weighted by atomic mass is 10.2. The lowest BCUT2D eigenvalue weighted by molar-refractivity contribution is -0.122. The first-order chi connectivity index (χ1) is 10.1. The second-order valence-corrected chi connectivity index (χ2v) is 4.61. The SMILES string of the molecule is C=CCOc1ccc(C(=O)NC(C)C(=O)NCCC)cc1. The molecular weight excluding hydrogens is 268 g/mol. The highest BCUT2D eigenvalue weighted by molar-refractivity contribution is 5.97. The number of amides is 2. The van der Waals surface area contributed by atoms with Crippen molar-refractivity contribution in [2.75, 3.05) is 13.2 Å². The van der Waals surface area contributed by atoms with Gasteiger partial charge in [0.2, 0.25) is 5.91 Å². The van der Waals surface area contributed by atoms with Crippen molar-refractivity contribution in [2.45, 2.75) is 26.3 Å². The van der Waals surface area contributed by atoms with Crippen molar-refractivity contribution in [3.05, 3.63) is 42.5 Å². The molecule has 2 N–H and O–H groups in total. The Kier molecular flexibility index (Phi) is 7.01. The molecule has 0 bridgehead atoms. The zero-order chi connectivity index (χ0) is 15.7. The van der Waals surface area contributed by atoms with Gasteiger partial charge in [-0.05, 0) is 37.6 Å². The van der Waals surface area contributed by atoms with E-state index in [1.807, 2.05) is 6.92 Å². The molecular formula is C16H22N2O3. The summed E-state index contributed by atoms with van der Waals surface area (Å²) in [5.41, 5.74) is 0.482. The molecule has 1 unspecified atom stereocenters. The monoisotopic (exact) mass is 290 g/mol. The number of nitrogens with one attached hydrogen (secondary N) is 2. The Morgan fingerprint density at radius 1 is 1.33 bits per heavy atom. The van der Waals surface area contributed by atoms with E-state index in [0.717, 1.165) is 6.42 Å². The van der Waals surface area contributed by atoms with Crippen molar-refractivity contribution in [3.63, 3.8) is 0 Å². The summed E-state index contributed by atoms with van der Waals surface area (Å²) in [4.78, 5) is 23.7. The van der Waals surface area contributed by atoms with Crippen LogP contribution in [0, 0.1) is 0 Å². The third kappa shape index (κ3) is 5.69. The van der Waals surface area contributed by atoms with E-state index in [4.69, 9.17) is 4.74 Å². The van der Waals surface area contributed by atoms with Gasteiger partial charge >= 0.3 is 0 Å². The molecule has 0 spiro atoms. The van der Waals surface area contributed by atoms with Gasteiger partial charge < -0.3 is 15.4 Å². The zero-order valence-corrected chi connectivity index (χ0v) is 12.5. The molecule has 0 saturated heterocycles. The lowest BCUT2D eigenvalue weighted by Gasteiger charge is -2.14. The van der Waals surface area contributed by atoms with Gasteiger partial charge in [0.05, 0.1) is 0 Å². The van der Waals surface area contributed by atoms with Gasteiger partial charge in [0.15, 0.2) is 0 Å². The summed E-state index contributed by atoms with van der Waals surface area (Å²) in [6.45, 7) is 8.22. The van der Waals surface area contributed by atoms with Crippen LogP contribution >= 0.6 is 0 Å². The van der Waals surface area contributed by atoms with Gasteiger partial charge in [-0.1, -0.05) is 19.6 Å². The zero-order valence-electron chi connectivity index (χ0n) is 12.5. The van der Waals surface area contributed by atoms with E-state index < -0.39 is 6.04 Å². The molecule has 0 aliphatic heterocycles. The van der Waals surface area contributed by atoms with Gasteiger partial charge in [-0.25, -0.2) is 0 Å². The lowest BCUT2D eigenvalue weighted by Crippen LogP contribution is -2.44. The Morgan fingerprint density at radius 3 is 2.57 bits per heavy atom. The summed E-state index contributed by atoms with van der Waals surface area (Å²) in [6.07, 6.45) is 2.51. The molecule has 0 fully saturated rings. The third-order valence-electron chi connectivity index (χ3n) is 2.77. The number of rotatable bonds is 8. The largest absolute Gasteiger partial charge is 0.490 e. The van der Waals surface area contributed by atoms with Crippen molar-refractivity contribution in [3.8, 4) is 5.75 Å². The number of hydrogen-bond acceptors (Lipinski definition) is 3. The van der Waals surface area contributed by atoms with Crippen LogP contribution in [0.3, 0.4) is 0 Å². The fourth-order valence-electron chi connectivity index (χ4n) is 1.60. The number of hydrogen-bond donors (Lipinski definition) is 2. The van der Waals surface area contributed by atoms with E-state index in [0.29, 0.717) is 24.5 Å². The van der Waals surface area contributed by atoms with E-state index in [1.165, 1.54) is 0 Å². The Balaban J connectivity index is 2.54. The number of carbonyl (C=O) groups is 2. The minimum atomic E-state index is -0.569. The molecule has 1 aromatic rings. The van der Waals surface area contributed by atoms with Gasteiger partial charge in [-0.3, -0.25) is 9.59 Å². The molecule has 1 rings (SSSR count). The molecule has 2 amide bonds. The molecule has 0 saturated carbocycles. The van der Waals surface area contributed by atoms with Crippen LogP contribution in [-0.4, -0.2) is 31.0 Å². The average molecular weight is 290 g/mol. The summed E-state index contributed by atoms with van der Waals surface area (Å²) in [5.74, 6) is 0.195. The first-order valence-corrected chi connectivity index (χ1v) is 7.00. The van der Waals surface area contributed by atoms with Crippen LogP contribution in [0.4, 0.5) is 0 Å². The number of carbonyl (C=O) groups excluding carboxylic acids is 2. The normalized spacial score (nSPS) is 11.3. The smallest absolute Gasteiger partial charge is 0.251 e. The van der Waals surface area contributed by atoms with Crippen LogP contribution in [0.15, 0.2) is 36.9 Å². The number of ether oxygens (including phenoxy) is 1. The Bertz CT molecular complexity index is 483. The molecule has 0 aromatic heterocycles. The molecule has 1 atom stereocenters. The molecule has 5 nitrogen and oxygen atoms in total. The van der Waals surface area contributed by atoms with Crippen molar-refractivity contribution >= 4 is 11.8 Å². The van der Waals surface area contributed by atoms with E-state index in [-0.39, 0.29) is 11.8 Å². The maximum absolute atomic E-state index is 12.0. The molecule has 1 aromatic carbocycles. The maximum Gasteiger partial charge on any atom is 0.251 e. The van der Waals surface area contributed by atoms with Crippen LogP contribution in [0.25, 0.3) is 0 Å². The minimum absolute atomic E-state index is 0.184. The Morgan fingerprint density at radius 2 is 2.00 bits per heavy atom. The van der Waals surface area contributed by atoms with E-state index in [9.17, 15) is 9.59 Å². The van der Waals surface area contributed by atoms with Gasteiger partial charge in [0.25, 0.3) is 5.91 Å². The van der Waals surface area contributed by atoms with Crippen molar-refractivity contribution in [1.82, 2.24) is 10.6 Å². The predicted molar refractivity (Wildman–Crippen MR) is 82.4 cm³/mol. The number of benzene rings is 1. The average Bonchev–Trinajstić information content (AvgIpc) is 2.50. The van der Waals surface area contributed by atoms with Gasteiger partial charge in [0.1, 0.15) is 18.4 Å². The van der Waals surface area contributed by atoms with Crippen molar-refractivity contribution in [2.24, 2.45) is 0 Å². The quantitative estimate of drug-likeness (QED) is 0.719. The second-order valence-electron chi connectivity index (χ2n) is 4.61. The molecule has 0 radical (unpaired) electrons. The highest BCUT2D eigenvalue weighted by atomic mass is 16.5. The first-order valence-electron chi connectivity index (χ1n) is 7.00. The van der Waals surface area contributed by atoms with Gasteiger partial charge in [-0.15, -0.1) is 0 Å². The summed E-state index contributed by atoms with van der Waals surface area (Å²) in [6, 6.07) is 6.16. The van der Waals surface area contributed by atoms with Crippen LogP contribution < -0.4 is 15.4 Å². The van der Waals surface area contributed by atoms with Crippen molar-refractivity contribution in [1.29, 1.82) is 0 Å². The minimum Gasteiger partial charge on any atom is -0.490 e. The molecule has 0 aliphatic carbocycles. The standard InChI is InChI=1S/C16H22N2O3/c1-4-10-17-15(19)12(3)18-16(20)13-6-8-14(9-7-13)21-11-5-2/h5-9,12H,2,4,10-11H2,1,3H3,(H,17,19)(H,18,20). The summed E-state index contributed by atoms with van der Waals surface area (Å²) < 4.78 is 5.34. The highest BCUT2D eigenvalue weighted by Gasteiger charge is 2.15. The predicted octanol–water partition coefficient (Wildman–Crippen LogP) is 1.90. The highest BCUT2D eigenvalue weighted by Crippen LogP contribution is 2.12. The van der Waals surface area contributed by atoms with E-state index in [1.54, 1.807) is 37.3 Å². The molecule has 5 heteroatoms. The molecule has 21 heavy (non-hydrogen) atoms. The van der Waals surface area contributed by atoms with E-state index >= 15 is 0 Å². The third-order valence-corrected chi connectivity index (χ3v) is 2.77. The Hall–Kier alpha value is -2.30. The summed E-state index contributed by atoms with van der Waals surface area (Å²) in [5, 5.41) is 5.40. The van der Waals surface area contributed by atoms with Crippen molar-refractivity contribution < 1.29 is 14.3 Å². The van der Waals surface area contributed by atoms with E-state index in [2.05, 4.69) is 17.2 Å². The Labute approximate surface area is 125 Å². The second kappa shape index (κ2) is 8.79. The molecule has 0 heterocycles. The summed E-state index contributed by atoms with van der Waals surface area (Å²) in [7, 11) is 0. The van der Waals surface area contributed by atoms with Crippen LogP contribution in [0.5, 0.6) is 5.75 Å². The fraction of sp³-hybridized carbons (Fsp3) is 0.375. The topological polar surface area (TPSA) is 67.4 Å². The van der Waals surface area contributed by atoms with Gasteiger partial charge in [0, 0.05) is 12.1 Å². The van der Waals surface area contributed by atoms with Crippen LogP contribution in [0.1, 0.15) is 30.6 Å². The summed E-state index contributed by atoms with van der Waals surface area (Å²) >= 11 is 0. The maximum atomic E-state index is 12.0. The first kappa shape index (κ1) is 16.8. The fourth-order valence-corrected chi connectivity index (χ4v) is 1.60.